The van der Waals surface area contributed by atoms with Gasteiger partial charge in [-0.2, -0.15) is 0 Å². The third kappa shape index (κ3) is 3.24. The number of halogens is 1. The van der Waals surface area contributed by atoms with Gasteiger partial charge in [0, 0.05) is 31.1 Å². The van der Waals surface area contributed by atoms with Gasteiger partial charge in [-0.25, -0.2) is 4.98 Å². The molecule has 130 valence electrons. The fourth-order valence-corrected chi connectivity index (χ4v) is 3.85. The van der Waals surface area contributed by atoms with E-state index in [4.69, 9.17) is 20.8 Å². The van der Waals surface area contributed by atoms with Crippen LogP contribution in [0.1, 0.15) is 31.7 Å². The molecule has 4 rings (SSSR count). The molecule has 1 fully saturated rings. The summed E-state index contributed by atoms with van der Waals surface area (Å²) in [6, 6.07) is 12.1. The molecule has 1 aromatic carbocycles. The van der Waals surface area contributed by atoms with E-state index in [-0.39, 0.29) is 0 Å². The average molecular weight is 357 g/mol. The number of nitrogens with zero attached hydrogens (tertiary/aromatic N) is 2. The van der Waals surface area contributed by atoms with Crippen LogP contribution >= 0.6 is 11.6 Å². The number of furan rings is 1. The third-order valence-electron chi connectivity index (χ3n) is 5.00. The topological polar surface area (TPSA) is 40.2 Å². The van der Waals surface area contributed by atoms with Crippen LogP contribution < -0.4 is 0 Å². The van der Waals surface area contributed by atoms with Gasteiger partial charge in [0.2, 0.25) is 0 Å². The number of hydrogen-bond acceptors (Lipinski definition) is 3. The molecular formula is C20H21ClN2O2. The lowest BCUT2D eigenvalue weighted by Gasteiger charge is -2.29. The maximum absolute atomic E-state index is 6.28. The van der Waals surface area contributed by atoms with E-state index in [9.17, 15) is 0 Å². The zero-order valence-corrected chi connectivity index (χ0v) is 14.9. The van der Waals surface area contributed by atoms with Crippen molar-refractivity contribution in [2.24, 2.45) is 0 Å². The van der Waals surface area contributed by atoms with E-state index >= 15 is 0 Å². The first-order chi connectivity index (χ1) is 12.3. The largest absolute Gasteiger partial charge is 0.453 e. The van der Waals surface area contributed by atoms with Crippen LogP contribution in [0, 0.1) is 0 Å². The zero-order chi connectivity index (χ0) is 17.2. The molecule has 1 aliphatic rings. The number of benzene rings is 1. The summed E-state index contributed by atoms with van der Waals surface area (Å²) in [6.07, 6.45) is 8.64. The molecule has 0 amide bonds. The molecule has 0 saturated heterocycles. The van der Waals surface area contributed by atoms with E-state index in [1.165, 1.54) is 0 Å². The highest BCUT2D eigenvalue weighted by atomic mass is 35.5. The third-order valence-corrected chi connectivity index (χ3v) is 5.33. The fourth-order valence-electron chi connectivity index (χ4n) is 3.62. The fraction of sp³-hybridized carbons (Fsp3) is 0.350. The summed E-state index contributed by atoms with van der Waals surface area (Å²) in [5.74, 6) is 2.41. The van der Waals surface area contributed by atoms with Crippen molar-refractivity contribution < 1.29 is 9.15 Å². The molecule has 0 bridgehead atoms. The Morgan fingerprint density at radius 2 is 1.84 bits per heavy atom. The molecule has 0 radical (unpaired) electrons. The summed E-state index contributed by atoms with van der Waals surface area (Å²) in [4.78, 5) is 4.54. The Balaban J connectivity index is 1.60. The maximum atomic E-state index is 6.28. The molecule has 0 aliphatic heterocycles. The van der Waals surface area contributed by atoms with Crippen LogP contribution in [0.4, 0.5) is 0 Å². The van der Waals surface area contributed by atoms with Gasteiger partial charge in [-0.15, -0.1) is 0 Å². The van der Waals surface area contributed by atoms with Gasteiger partial charge in [-0.3, -0.25) is 0 Å². The van der Waals surface area contributed by atoms with Crippen LogP contribution in [0.25, 0.3) is 22.9 Å². The van der Waals surface area contributed by atoms with Crippen LogP contribution in [0.3, 0.4) is 0 Å². The number of methoxy groups -OCH3 is 1. The van der Waals surface area contributed by atoms with E-state index in [1.54, 1.807) is 7.11 Å². The lowest BCUT2D eigenvalue weighted by atomic mass is 9.92. The summed E-state index contributed by atoms with van der Waals surface area (Å²) in [7, 11) is 1.80. The van der Waals surface area contributed by atoms with Crippen LogP contribution in [0.15, 0.2) is 53.2 Å². The van der Waals surface area contributed by atoms with Crippen LogP contribution in [0.2, 0.25) is 5.02 Å². The van der Waals surface area contributed by atoms with Crippen LogP contribution in [-0.2, 0) is 4.74 Å². The lowest BCUT2D eigenvalue weighted by molar-refractivity contribution is 0.0586. The van der Waals surface area contributed by atoms with Crippen molar-refractivity contribution in [1.82, 2.24) is 9.55 Å². The Kier molecular flexibility index (Phi) is 4.64. The van der Waals surface area contributed by atoms with Crippen molar-refractivity contribution in [3.05, 3.63) is 53.8 Å². The summed E-state index contributed by atoms with van der Waals surface area (Å²) < 4.78 is 13.8. The summed E-state index contributed by atoms with van der Waals surface area (Å²) >= 11 is 6.28. The first-order valence-corrected chi connectivity index (χ1v) is 9.05. The minimum Gasteiger partial charge on any atom is -0.453 e. The monoisotopic (exact) mass is 356 g/mol. The van der Waals surface area contributed by atoms with Crippen LogP contribution in [0.5, 0.6) is 0 Å². The molecule has 0 atom stereocenters. The zero-order valence-electron chi connectivity index (χ0n) is 14.2. The Labute approximate surface area is 152 Å². The molecule has 3 aromatic rings. The average Bonchev–Trinajstić information content (AvgIpc) is 3.31. The Morgan fingerprint density at radius 3 is 2.60 bits per heavy atom. The van der Waals surface area contributed by atoms with Gasteiger partial charge in [-0.05, 0) is 49.9 Å². The van der Waals surface area contributed by atoms with E-state index < -0.39 is 0 Å². The molecule has 0 N–H and O–H groups in total. The van der Waals surface area contributed by atoms with E-state index in [0.717, 1.165) is 48.6 Å². The Hall–Kier alpha value is -2.04. The predicted octanol–water partition coefficient (Wildman–Crippen LogP) is 5.59. The number of hydrogen-bond donors (Lipinski definition) is 0. The quantitative estimate of drug-likeness (QED) is 0.611. The standard InChI is InChI=1S/C20H21ClN2O2/c1-24-15-8-6-14(7-9-15)23-13-12-22-20(23)19-11-10-18(25-19)16-4-2-3-5-17(16)21/h2-5,10-15H,6-9H2,1H3. The van der Waals surface area contributed by atoms with Gasteiger partial charge >= 0.3 is 0 Å². The SMILES string of the molecule is COC1CCC(n2ccnc2-c2ccc(-c3ccccc3Cl)o2)CC1. The number of rotatable bonds is 4. The highest BCUT2D eigenvalue weighted by Crippen LogP contribution is 2.35. The van der Waals surface area contributed by atoms with Crippen LogP contribution in [-0.4, -0.2) is 22.8 Å². The van der Waals surface area contributed by atoms with Crippen molar-refractivity contribution in [2.45, 2.75) is 37.8 Å². The molecule has 0 spiro atoms. The number of aromatic nitrogens is 2. The summed E-state index contributed by atoms with van der Waals surface area (Å²) in [5.41, 5.74) is 0.897. The maximum Gasteiger partial charge on any atom is 0.176 e. The molecular weight excluding hydrogens is 336 g/mol. The summed E-state index contributed by atoms with van der Waals surface area (Å²) in [5, 5.41) is 0.685. The molecule has 4 nitrogen and oxygen atoms in total. The van der Waals surface area contributed by atoms with Crippen molar-refractivity contribution in [2.75, 3.05) is 7.11 Å². The van der Waals surface area contributed by atoms with Gasteiger partial charge in [-0.1, -0.05) is 23.7 Å². The Morgan fingerprint density at radius 1 is 1.08 bits per heavy atom. The second-order valence-corrected chi connectivity index (χ2v) is 6.88. The van der Waals surface area contributed by atoms with E-state index in [1.807, 2.05) is 48.8 Å². The highest BCUT2D eigenvalue weighted by molar-refractivity contribution is 6.33. The van der Waals surface area contributed by atoms with Gasteiger partial charge in [0.1, 0.15) is 5.76 Å². The summed E-state index contributed by atoms with van der Waals surface area (Å²) in [6.45, 7) is 0. The molecule has 1 aliphatic carbocycles. The molecule has 5 heteroatoms. The first kappa shape index (κ1) is 16.4. The van der Waals surface area contributed by atoms with E-state index in [2.05, 4.69) is 9.55 Å². The van der Waals surface area contributed by atoms with Gasteiger partial charge in [0.15, 0.2) is 11.6 Å². The molecule has 2 heterocycles. The molecule has 1 saturated carbocycles. The minimum atomic E-state index is 0.388. The van der Waals surface area contributed by atoms with Crippen molar-refractivity contribution in [3.8, 4) is 22.9 Å². The van der Waals surface area contributed by atoms with Gasteiger partial charge < -0.3 is 13.7 Å². The number of ether oxygens (including phenoxy) is 1. The predicted molar refractivity (Wildman–Crippen MR) is 98.7 cm³/mol. The second-order valence-electron chi connectivity index (χ2n) is 6.47. The van der Waals surface area contributed by atoms with E-state index in [0.29, 0.717) is 17.2 Å². The molecule has 2 aromatic heterocycles. The van der Waals surface area contributed by atoms with Gasteiger partial charge in [0.25, 0.3) is 0 Å². The van der Waals surface area contributed by atoms with Gasteiger partial charge in [0.05, 0.1) is 11.1 Å². The van der Waals surface area contributed by atoms with Crippen molar-refractivity contribution in [3.63, 3.8) is 0 Å². The normalized spacial score (nSPS) is 20.7. The second kappa shape index (κ2) is 7.06. The first-order valence-electron chi connectivity index (χ1n) is 8.67. The Bertz CT molecular complexity index is 847. The van der Waals surface area contributed by atoms with Crippen molar-refractivity contribution in [1.29, 1.82) is 0 Å². The van der Waals surface area contributed by atoms with Crippen molar-refractivity contribution >= 4 is 11.6 Å². The molecule has 25 heavy (non-hydrogen) atoms. The molecule has 0 unspecified atom stereocenters. The number of imidazole rings is 1. The smallest absolute Gasteiger partial charge is 0.176 e. The lowest BCUT2D eigenvalue weighted by Crippen LogP contribution is -2.22. The minimum absolute atomic E-state index is 0.388. The highest BCUT2D eigenvalue weighted by Gasteiger charge is 2.24.